The molecular formula is C44H33N5. The van der Waals surface area contributed by atoms with Crippen LogP contribution in [0.2, 0.25) is 0 Å². The molecule has 0 bridgehead atoms. The van der Waals surface area contributed by atoms with Crippen LogP contribution in [-0.4, -0.2) is 28.0 Å². The molecule has 5 heteroatoms. The minimum Gasteiger partial charge on any atom is -0.358 e. The van der Waals surface area contributed by atoms with Gasteiger partial charge in [0.05, 0.1) is 28.6 Å². The Morgan fingerprint density at radius 2 is 1.04 bits per heavy atom. The molecular weight excluding hydrogens is 599 g/mol. The minimum atomic E-state index is 0.529. The van der Waals surface area contributed by atoms with Crippen LogP contribution in [-0.2, 0) is 6.54 Å². The van der Waals surface area contributed by atoms with Gasteiger partial charge >= 0.3 is 0 Å². The molecule has 0 aliphatic rings. The third-order valence-corrected chi connectivity index (χ3v) is 9.38. The summed E-state index contributed by atoms with van der Waals surface area (Å²) in [6, 6.07) is 57.5. The second-order valence-electron chi connectivity index (χ2n) is 12.2. The second-order valence-corrected chi connectivity index (χ2v) is 12.2. The number of para-hydroxylation sites is 3. The van der Waals surface area contributed by atoms with Gasteiger partial charge in [0.2, 0.25) is 5.96 Å². The van der Waals surface area contributed by atoms with E-state index < -0.39 is 0 Å². The Labute approximate surface area is 284 Å². The van der Waals surface area contributed by atoms with Crippen molar-refractivity contribution in [3.63, 3.8) is 0 Å². The topological polar surface area (TPSA) is 46.6 Å². The van der Waals surface area contributed by atoms with Gasteiger partial charge in [0.1, 0.15) is 0 Å². The quantitative estimate of drug-likeness (QED) is 0.153. The van der Waals surface area contributed by atoms with Crippen LogP contribution in [0.3, 0.4) is 0 Å². The molecule has 0 aliphatic carbocycles. The van der Waals surface area contributed by atoms with E-state index in [1.54, 1.807) is 0 Å². The van der Waals surface area contributed by atoms with Gasteiger partial charge in [-0.25, -0.2) is 0 Å². The van der Waals surface area contributed by atoms with Crippen molar-refractivity contribution in [1.82, 2.24) is 14.5 Å². The van der Waals surface area contributed by atoms with E-state index in [1.807, 2.05) is 43.4 Å². The largest absolute Gasteiger partial charge is 0.358 e. The molecule has 9 aromatic rings. The molecule has 0 atom stereocenters. The number of aromatic nitrogens is 2. The van der Waals surface area contributed by atoms with Crippen LogP contribution >= 0.6 is 0 Å². The normalized spacial score (nSPS) is 12.5. The molecule has 0 fully saturated rings. The van der Waals surface area contributed by atoms with E-state index in [2.05, 4.69) is 142 Å². The number of nitrogens with one attached hydrogen (secondary N) is 1. The number of hydrogen-bond acceptors (Lipinski definition) is 1. The number of nitrogens with zero attached hydrogens (tertiary/aromatic N) is 4. The van der Waals surface area contributed by atoms with Gasteiger partial charge in [-0.2, -0.15) is 4.99 Å². The highest BCUT2D eigenvalue weighted by Gasteiger charge is 2.25. The summed E-state index contributed by atoms with van der Waals surface area (Å²) in [5.41, 5.74) is 7.82. The summed E-state index contributed by atoms with van der Waals surface area (Å²) in [5.74, 6) is 1.38. The molecule has 7 aromatic carbocycles. The van der Waals surface area contributed by atoms with Crippen LogP contribution in [0.1, 0.15) is 11.1 Å². The number of hydrogen-bond donors (Lipinski definition) is 1. The number of benzene rings is 7. The Kier molecular flexibility index (Phi) is 7.02. The summed E-state index contributed by atoms with van der Waals surface area (Å²) in [7, 11) is 1.95. The molecule has 2 aromatic heterocycles. The Balaban J connectivity index is 1.42. The first-order chi connectivity index (χ1) is 24.3. The number of aliphatic imine (C=N–C) groups is 2. The first-order valence-electron chi connectivity index (χ1n) is 16.6. The van der Waals surface area contributed by atoms with Crippen molar-refractivity contribution in [1.29, 1.82) is 0 Å². The van der Waals surface area contributed by atoms with Gasteiger partial charge in [-0.3, -0.25) is 9.56 Å². The van der Waals surface area contributed by atoms with E-state index in [1.165, 1.54) is 38.0 Å². The first kappa shape index (κ1) is 28.7. The lowest BCUT2D eigenvalue weighted by molar-refractivity contribution is 1.04. The van der Waals surface area contributed by atoms with E-state index in [0.717, 1.165) is 33.2 Å². The molecule has 49 heavy (non-hydrogen) atoms. The molecule has 0 aliphatic heterocycles. The Hall–Kier alpha value is -6.46. The van der Waals surface area contributed by atoms with Crippen LogP contribution in [0.15, 0.2) is 174 Å². The molecule has 0 saturated heterocycles. The summed E-state index contributed by atoms with van der Waals surface area (Å²) in [6.45, 7) is 0.529. The molecule has 0 saturated carbocycles. The second kappa shape index (κ2) is 12.0. The molecule has 2 heterocycles. The van der Waals surface area contributed by atoms with E-state index in [-0.39, 0.29) is 0 Å². The zero-order chi connectivity index (χ0) is 32.7. The van der Waals surface area contributed by atoms with E-state index in [9.17, 15) is 0 Å². The Morgan fingerprint density at radius 1 is 0.531 bits per heavy atom. The number of amidine groups is 1. The van der Waals surface area contributed by atoms with Crippen molar-refractivity contribution in [3.8, 4) is 5.69 Å². The maximum atomic E-state index is 5.34. The van der Waals surface area contributed by atoms with Gasteiger partial charge in [-0.15, -0.1) is 0 Å². The highest BCUT2D eigenvalue weighted by Crippen LogP contribution is 2.45. The van der Waals surface area contributed by atoms with E-state index in [0.29, 0.717) is 18.3 Å². The third kappa shape index (κ3) is 4.70. The Morgan fingerprint density at radius 3 is 1.71 bits per heavy atom. The minimum absolute atomic E-state index is 0.529. The van der Waals surface area contributed by atoms with Crippen LogP contribution < -0.4 is 5.32 Å². The van der Waals surface area contributed by atoms with Crippen LogP contribution in [0.4, 0.5) is 0 Å². The lowest BCUT2D eigenvalue weighted by Gasteiger charge is -2.15. The number of fused-ring (bicyclic) bond motifs is 10. The van der Waals surface area contributed by atoms with E-state index in [4.69, 9.17) is 9.98 Å². The van der Waals surface area contributed by atoms with Crippen molar-refractivity contribution in [2.75, 3.05) is 7.05 Å². The van der Waals surface area contributed by atoms with Crippen molar-refractivity contribution in [2.45, 2.75) is 6.54 Å². The predicted octanol–water partition coefficient (Wildman–Crippen LogP) is 10.1. The van der Waals surface area contributed by atoms with Crippen LogP contribution in [0.25, 0.3) is 60.1 Å². The van der Waals surface area contributed by atoms with Gasteiger partial charge in [0.25, 0.3) is 0 Å². The van der Waals surface area contributed by atoms with Crippen LogP contribution in [0.5, 0.6) is 0 Å². The van der Waals surface area contributed by atoms with Crippen LogP contribution in [0, 0.1) is 0 Å². The lowest BCUT2D eigenvalue weighted by Crippen LogP contribution is -2.28. The average molecular weight is 632 g/mol. The molecule has 0 unspecified atom stereocenters. The number of rotatable bonds is 4. The highest BCUT2D eigenvalue weighted by molar-refractivity contribution is 6.38. The summed E-state index contributed by atoms with van der Waals surface area (Å²) < 4.78 is 4.72. The molecule has 0 amide bonds. The fourth-order valence-electron chi connectivity index (χ4n) is 7.30. The summed E-state index contributed by atoms with van der Waals surface area (Å²) in [6.07, 6.45) is 0. The summed E-state index contributed by atoms with van der Waals surface area (Å²) in [4.78, 5) is 10.4. The van der Waals surface area contributed by atoms with E-state index >= 15 is 0 Å². The van der Waals surface area contributed by atoms with Crippen molar-refractivity contribution in [2.24, 2.45) is 9.98 Å². The predicted molar refractivity (Wildman–Crippen MR) is 206 cm³/mol. The molecule has 1 N–H and O–H groups in total. The molecule has 5 nitrogen and oxygen atoms in total. The summed E-state index contributed by atoms with van der Waals surface area (Å²) in [5, 5.41) is 10.7. The third-order valence-electron chi connectivity index (χ3n) is 9.38. The van der Waals surface area contributed by atoms with Gasteiger partial charge in [-0.05, 0) is 29.8 Å². The molecule has 234 valence electrons. The monoisotopic (exact) mass is 631 g/mol. The lowest BCUT2D eigenvalue weighted by atomic mass is 9.99. The summed E-state index contributed by atoms with van der Waals surface area (Å²) >= 11 is 0. The standard InChI is InChI=1S/C44H33N5/c1-45-44(47-43(31-19-7-3-8-20-31)46-29-30-17-5-2-6-18-30)49-38-28-16-14-26-36(38)40-39-35-25-13-15-27-37(35)48(32-21-9-4-10-22-32)41(39)33-23-11-12-24-34(33)42(40)49/h2-28H,29H2,1H3,(H,45,46,47). The fraction of sp³-hybridized carbons (Fsp3) is 0.0455. The van der Waals surface area contributed by atoms with Gasteiger partial charge in [-0.1, -0.05) is 140 Å². The highest BCUT2D eigenvalue weighted by atomic mass is 15.2. The van der Waals surface area contributed by atoms with Gasteiger partial charge in [0, 0.05) is 50.6 Å². The maximum Gasteiger partial charge on any atom is 0.209 e. The van der Waals surface area contributed by atoms with Gasteiger partial charge < -0.3 is 9.88 Å². The van der Waals surface area contributed by atoms with Gasteiger partial charge in [0.15, 0.2) is 5.84 Å². The smallest absolute Gasteiger partial charge is 0.209 e. The molecule has 0 radical (unpaired) electrons. The zero-order valence-corrected chi connectivity index (χ0v) is 27.1. The van der Waals surface area contributed by atoms with Crippen molar-refractivity contribution < 1.29 is 0 Å². The van der Waals surface area contributed by atoms with Crippen molar-refractivity contribution >= 4 is 66.2 Å². The maximum absolute atomic E-state index is 5.34. The Bertz CT molecular complexity index is 2700. The SMILES string of the molecule is CNC(=NC(=NCc1ccccc1)c1ccccc1)n1c2ccccc2c2c3c4ccccc4n(-c4ccccc4)c3c3ccccc3c21. The average Bonchev–Trinajstić information content (AvgIpc) is 3.70. The first-order valence-corrected chi connectivity index (χ1v) is 16.6. The fourth-order valence-corrected chi connectivity index (χ4v) is 7.30. The molecule has 9 rings (SSSR count). The van der Waals surface area contributed by atoms with Crippen molar-refractivity contribution in [3.05, 3.63) is 175 Å². The molecule has 0 spiro atoms. The zero-order valence-electron chi connectivity index (χ0n) is 27.1.